The van der Waals surface area contributed by atoms with Gasteiger partial charge in [-0.25, -0.2) is 0 Å². The van der Waals surface area contributed by atoms with E-state index in [4.69, 9.17) is 6.42 Å². The molecule has 0 radical (unpaired) electrons. The first-order valence-electron chi connectivity index (χ1n) is 3.81. The third-order valence-electron chi connectivity index (χ3n) is 1.70. The second-order valence-electron chi connectivity index (χ2n) is 2.62. The number of rotatable bonds is 2. The SMILES string of the molecule is C#CC(C)C(=O)c1ccccc1. The minimum Gasteiger partial charge on any atom is -0.293 e. The third-order valence-corrected chi connectivity index (χ3v) is 1.70. The minimum atomic E-state index is -0.326. The summed E-state index contributed by atoms with van der Waals surface area (Å²) in [5, 5.41) is 0. The number of hydrogen-bond donors (Lipinski definition) is 0. The van der Waals surface area contributed by atoms with Crippen LogP contribution in [0.25, 0.3) is 0 Å². The first-order chi connectivity index (χ1) is 5.75. The van der Waals surface area contributed by atoms with Crippen LogP contribution in [0.5, 0.6) is 0 Å². The van der Waals surface area contributed by atoms with Gasteiger partial charge in [-0.3, -0.25) is 4.79 Å². The molecule has 12 heavy (non-hydrogen) atoms. The number of carbonyl (C=O) groups is 1. The number of benzene rings is 1. The van der Waals surface area contributed by atoms with Crippen LogP contribution in [0.3, 0.4) is 0 Å². The number of carbonyl (C=O) groups excluding carboxylic acids is 1. The van der Waals surface area contributed by atoms with Crippen molar-refractivity contribution in [1.29, 1.82) is 0 Å². The summed E-state index contributed by atoms with van der Waals surface area (Å²) in [5.41, 5.74) is 0.683. The van der Waals surface area contributed by atoms with Crippen LogP contribution in [-0.2, 0) is 0 Å². The number of ketones is 1. The highest BCUT2D eigenvalue weighted by Gasteiger charge is 2.10. The van der Waals surface area contributed by atoms with Crippen molar-refractivity contribution in [2.75, 3.05) is 0 Å². The molecule has 0 saturated heterocycles. The van der Waals surface area contributed by atoms with E-state index in [-0.39, 0.29) is 11.7 Å². The van der Waals surface area contributed by atoms with E-state index in [2.05, 4.69) is 5.92 Å². The molecule has 0 amide bonds. The Morgan fingerprint density at radius 3 is 2.50 bits per heavy atom. The summed E-state index contributed by atoms with van der Waals surface area (Å²) in [6.45, 7) is 1.73. The summed E-state index contributed by atoms with van der Waals surface area (Å²) in [7, 11) is 0. The molecular weight excluding hydrogens is 148 g/mol. The second kappa shape index (κ2) is 3.73. The van der Waals surface area contributed by atoms with Crippen molar-refractivity contribution in [2.45, 2.75) is 6.92 Å². The molecular formula is C11H10O. The molecule has 0 aliphatic rings. The molecule has 1 heteroatoms. The maximum Gasteiger partial charge on any atom is 0.177 e. The molecule has 0 bridgehead atoms. The summed E-state index contributed by atoms with van der Waals surface area (Å²) >= 11 is 0. The highest BCUT2D eigenvalue weighted by Crippen LogP contribution is 2.06. The first-order valence-corrected chi connectivity index (χ1v) is 3.81. The predicted molar refractivity (Wildman–Crippen MR) is 48.8 cm³/mol. The van der Waals surface area contributed by atoms with Gasteiger partial charge in [0.1, 0.15) is 0 Å². The molecule has 1 rings (SSSR count). The molecule has 0 aromatic heterocycles. The Kier molecular flexibility index (Phi) is 2.66. The summed E-state index contributed by atoms with van der Waals surface area (Å²) in [4.78, 5) is 11.4. The van der Waals surface area contributed by atoms with Gasteiger partial charge in [-0.1, -0.05) is 36.3 Å². The molecule has 1 atom stereocenters. The van der Waals surface area contributed by atoms with Crippen molar-refractivity contribution in [3.8, 4) is 12.3 Å². The molecule has 0 saturated carbocycles. The van der Waals surface area contributed by atoms with Crippen molar-refractivity contribution in [3.63, 3.8) is 0 Å². The Morgan fingerprint density at radius 1 is 1.42 bits per heavy atom. The Morgan fingerprint density at radius 2 is 2.00 bits per heavy atom. The van der Waals surface area contributed by atoms with E-state index in [1.165, 1.54) is 0 Å². The maximum atomic E-state index is 11.4. The molecule has 0 fully saturated rings. The van der Waals surface area contributed by atoms with Gasteiger partial charge in [0.05, 0.1) is 5.92 Å². The van der Waals surface area contributed by atoms with E-state index < -0.39 is 0 Å². The summed E-state index contributed by atoms with van der Waals surface area (Å²) < 4.78 is 0. The molecule has 0 spiro atoms. The quantitative estimate of drug-likeness (QED) is 0.476. The summed E-state index contributed by atoms with van der Waals surface area (Å²) in [6, 6.07) is 9.08. The lowest BCUT2D eigenvalue weighted by atomic mass is 10.0. The van der Waals surface area contributed by atoms with Gasteiger partial charge in [0, 0.05) is 5.56 Å². The molecule has 1 aromatic rings. The lowest BCUT2D eigenvalue weighted by Gasteiger charge is -2.01. The van der Waals surface area contributed by atoms with Gasteiger partial charge >= 0.3 is 0 Å². The van der Waals surface area contributed by atoms with E-state index in [0.29, 0.717) is 5.56 Å². The van der Waals surface area contributed by atoms with Gasteiger partial charge in [0.15, 0.2) is 5.78 Å². The maximum absolute atomic E-state index is 11.4. The Hall–Kier alpha value is -1.55. The molecule has 0 aliphatic carbocycles. The van der Waals surface area contributed by atoms with Crippen molar-refractivity contribution >= 4 is 5.78 Å². The van der Waals surface area contributed by atoms with Crippen LogP contribution in [0.1, 0.15) is 17.3 Å². The van der Waals surface area contributed by atoms with Gasteiger partial charge in [-0.15, -0.1) is 6.42 Å². The zero-order valence-electron chi connectivity index (χ0n) is 6.95. The smallest absolute Gasteiger partial charge is 0.177 e. The Balaban J connectivity index is 2.88. The van der Waals surface area contributed by atoms with Gasteiger partial charge in [0.2, 0.25) is 0 Å². The molecule has 1 aromatic carbocycles. The predicted octanol–water partition coefficient (Wildman–Crippen LogP) is 2.14. The summed E-state index contributed by atoms with van der Waals surface area (Å²) in [6.07, 6.45) is 5.14. The highest BCUT2D eigenvalue weighted by molar-refractivity contribution is 5.99. The fourth-order valence-corrected chi connectivity index (χ4v) is 0.928. The third kappa shape index (κ3) is 1.73. The van der Waals surface area contributed by atoms with Gasteiger partial charge in [0.25, 0.3) is 0 Å². The van der Waals surface area contributed by atoms with Crippen molar-refractivity contribution in [3.05, 3.63) is 35.9 Å². The fraction of sp³-hybridized carbons (Fsp3) is 0.182. The average molecular weight is 158 g/mol. The summed E-state index contributed by atoms with van der Waals surface area (Å²) in [5.74, 6) is 2.10. The highest BCUT2D eigenvalue weighted by atomic mass is 16.1. The molecule has 1 unspecified atom stereocenters. The Labute approximate surface area is 72.4 Å². The lowest BCUT2D eigenvalue weighted by molar-refractivity contribution is 0.0957. The van der Waals surface area contributed by atoms with Crippen LogP contribution in [-0.4, -0.2) is 5.78 Å². The van der Waals surface area contributed by atoms with E-state index in [1.807, 2.05) is 18.2 Å². The first kappa shape index (κ1) is 8.55. The topological polar surface area (TPSA) is 17.1 Å². The number of terminal acetylenes is 1. The Bertz CT molecular complexity index is 306. The van der Waals surface area contributed by atoms with E-state index >= 15 is 0 Å². The lowest BCUT2D eigenvalue weighted by Crippen LogP contribution is -2.08. The van der Waals surface area contributed by atoms with Crippen LogP contribution in [0.4, 0.5) is 0 Å². The molecule has 0 N–H and O–H groups in total. The second-order valence-corrected chi connectivity index (χ2v) is 2.62. The zero-order chi connectivity index (χ0) is 8.97. The van der Waals surface area contributed by atoms with E-state index in [9.17, 15) is 4.79 Å². The standard InChI is InChI=1S/C11H10O/c1-3-9(2)11(12)10-7-5-4-6-8-10/h1,4-9H,2H3. The fourth-order valence-electron chi connectivity index (χ4n) is 0.928. The zero-order valence-corrected chi connectivity index (χ0v) is 6.95. The van der Waals surface area contributed by atoms with Crippen molar-refractivity contribution in [1.82, 2.24) is 0 Å². The number of Topliss-reactive ketones (excluding diaryl/α,β-unsaturated/α-hetero) is 1. The van der Waals surface area contributed by atoms with E-state index in [0.717, 1.165) is 0 Å². The van der Waals surface area contributed by atoms with Crippen LogP contribution < -0.4 is 0 Å². The monoisotopic (exact) mass is 158 g/mol. The molecule has 60 valence electrons. The average Bonchev–Trinajstić information content (AvgIpc) is 2.17. The van der Waals surface area contributed by atoms with Crippen LogP contribution >= 0.6 is 0 Å². The van der Waals surface area contributed by atoms with Gasteiger partial charge < -0.3 is 0 Å². The van der Waals surface area contributed by atoms with Crippen molar-refractivity contribution < 1.29 is 4.79 Å². The van der Waals surface area contributed by atoms with Crippen LogP contribution in [0.15, 0.2) is 30.3 Å². The van der Waals surface area contributed by atoms with Gasteiger partial charge in [-0.05, 0) is 6.92 Å². The minimum absolute atomic E-state index is 0.0121. The molecule has 1 nitrogen and oxygen atoms in total. The molecule has 0 heterocycles. The van der Waals surface area contributed by atoms with Crippen molar-refractivity contribution in [2.24, 2.45) is 5.92 Å². The largest absolute Gasteiger partial charge is 0.293 e. The number of hydrogen-bond acceptors (Lipinski definition) is 1. The normalized spacial score (nSPS) is 11.7. The van der Waals surface area contributed by atoms with Crippen LogP contribution in [0.2, 0.25) is 0 Å². The van der Waals surface area contributed by atoms with Gasteiger partial charge in [-0.2, -0.15) is 0 Å². The molecule has 0 aliphatic heterocycles. The van der Waals surface area contributed by atoms with Crippen LogP contribution in [0, 0.1) is 18.3 Å². The van der Waals surface area contributed by atoms with E-state index in [1.54, 1.807) is 19.1 Å².